The maximum absolute atomic E-state index is 5.82. The van der Waals surface area contributed by atoms with Crippen molar-refractivity contribution in [1.82, 2.24) is 4.90 Å². The Morgan fingerprint density at radius 2 is 1.67 bits per heavy atom. The van der Waals surface area contributed by atoms with Crippen molar-refractivity contribution >= 4 is 17.2 Å². The molecule has 0 aromatic heterocycles. The van der Waals surface area contributed by atoms with E-state index in [0.29, 0.717) is 4.99 Å². The van der Waals surface area contributed by atoms with Crippen LogP contribution in [-0.2, 0) is 6.54 Å². The van der Waals surface area contributed by atoms with Crippen LogP contribution in [0.25, 0.3) is 11.1 Å². The molecule has 21 heavy (non-hydrogen) atoms. The average Bonchev–Trinajstić information content (AvgIpc) is 3.01. The molecular formula is C18H20N2S. The van der Waals surface area contributed by atoms with E-state index in [9.17, 15) is 0 Å². The van der Waals surface area contributed by atoms with E-state index in [-0.39, 0.29) is 0 Å². The van der Waals surface area contributed by atoms with Gasteiger partial charge >= 0.3 is 0 Å². The molecule has 2 aromatic carbocycles. The molecule has 2 N–H and O–H groups in total. The molecule has 2 aromatic rings. The largest absolute Gasteiger partial charge is 0.389 e. The van der Waals surface area contributed by atoms with Crippen LogP contribution >= 0.6 is 12.2 Å². The molecule has 1 heterocycles. The first-order chi connectivity index (χ1) is 10.2. The first-order valence-corrected chi connectivity index (χ1v) is 7.85. The van der Waals surface area contributed by atoms with Gasteiger partial charge in [-0.3, -0.25) is 4.90 Å². The second kappa shape index (κ2) is 6.37. The zero-order valence-corrected chi connectivity index (χ0v) is 12.9. The molecule has 1 saturated heterocycles. The predicted molar refractivity (Wildman–Crippen MR) is 92.3 cm³/mol. The number of hydrogen-bond acceptors (Lipinski definition) is 2. The highest BCUT2D eigenvalue weighted by Gasteiger charge is 2.12. The smallest absolute Gasteiger partial charge is 0.104 e. The van der Waals surface area contributed by atoms with Crippen LogP contribution in [0.3, 0.4) is 0 Å². The van der Waals surface area contributed by atoms with Crippen molar-refractivity contribution in [3.8, 4) is 11.1 Å². The second-order valence-corrected chi connectivity index (χ2v) is 6.03. The van der Waals surface area contributed by atoms with Crippen molar-refractivity contribution in [3.63, 3.8) is 0 Å². The Morgan fingerprint density at radius 3 is 2.33 bits per heavy atom. The summed E-state index contributed by atoms with van der Waals surface area (Å²) >= 11 is 5.14. The third-order valence-electron chi connectivity index (χ3n) is 4.06. The molecule has 0 saturated carbocycles. The fraction of sp³-hybridized carbons (Fsp3) is 0.278. The van der Waals surface area contributed by atoms with Crippen molar-refractivity contribution in [1.29, 1.82) is 0 Å². The third-order valence-corrected chi connectivity index (χ3v) is 4.28. The summed E-state index contributed by atoms with van der Waals surface area (Å²) in [6.07, 6.45) is 2.67. The van der Waals surface area contributed by atoms with E-state index < -0.39 is 0 Å². The van der Waals surface area contributed by atoms with Crippen LogP contribution in [0.5, 0.6) is 0 Å². The number of nitrogens with two attached hydrogens (primary N) is 1. The van der Waals surface area contributed by atoms with Crippen molar-refractivity contribution in [2.75, 3.05) is 13.1 Å². The molecule has 3 heteroatoms. The predicted octanol–water partition coefficient (Wildman–Crippen LogP) is 3.58. The Morgan fingerprint density at radius 1 is 1.00 bits per heavy atom. The van der Waals surface area contributed by atoms with Crippen molar-refractivity contribution in [3.05, 3.63) is 59.7 Å². The van der Waals surface area contributed by atoms with Gasteiger partial charge in [0.25, 0.3) is 0 Å². The Balaban J connectivity index is 1.82. The lowest BCUT2D eigenvalue weighted by Gasteiger charge is -2.15. The number of nitrogens with zero attached hydrogens (tertiary/aromatic N) is 1. The van der Waals surface area contributed by atoms with Crippen LogP contribution in [0.15, 0.2) is 48.5 Å². The van der Waals surface area contributed by atoms with Gasteiger partial charge in [-0.1, -0.05) is 60.7 Å². The highest BCUT2D eigenvalue weighted by atomic mass is 32.1. The fourth-order valence-electron chi connectivity index (χ4n) is 2.94. The Kier molecular flexibility index (Phi) is 4.32. The van der Waals surface area contributed by atoms with Gasteiger partial charge in [-0.25, -0.2) is 0 Å². The number of rotatable bonds is 4. The second-order valence-electron chi connectivity index (χ2n) is 5.59. The van der Waals surface area contributed by atoms with Gasteiger partial charge in [0.05, 0.1) is 0 Å². The number of thiocarbonyl (C=S) groups is 1. The number of hydrogen-bond donors (Lipinski definition) is 1. The SMILES string of the molecule is NC(=S)c1ccccc1-c1ccc(CN2CCCC2)cc1. The molecule has 3 rings (SSSR count). The van der Waals surface area contributed by atoms with Gasteiger partial charge in [0, 0.05) is 12.1 Å². The normalized spacial score (nSPS) is 15.2. The van der Waals surface area contributed by atoms with Crippen LogP contribution in [0, 0.1) is 0 Å². The minimum Gasteiger partial charge on any atom is -0.389 e. The van der Waals surface area contributed by atoms with E-state index in [1.165, 1.54) is 37.1 Å². The van der Waals surface area contributed by atoms with Crippen molar-refractivity contribution < 1.29 is 0 Å². The topological polar surface area (TPSA) is 29.3 Å². The van der Waals surface area contributed by atoms with Crippen LogP contribution in [0.2, 0.25) is 0 Å². The Labute approximate surface area is 131 Å². The average molecular weight is 296 g/mol. The fourth-order valence-corrected chi connectivity index (χ4v) is 3.12. The van der Waals surface area contributed by atoms with E-state index in [4.69, 9.17) is 18.0 Å². The summed E-state index contributed by atoms with van der Waals surface area (Å²) in [6.45, 7) is 3.51. The quantitative estimate of drug-likeness (QED) is 0.874. The van der Waals surface area contributed by atoms with Gasteiger partial charge in [-0.05, 0) is 42.6 Å². The molecule has 0 spiro atoms. The first-order valence-electron chi connectivity index (χ1n) is 7.44. The van der Waals surface area contributed by atoms with Gasteiger partial charge in [0.2, 0.25) is 0 Å². The van der Waals surface area contributed by atoms with Gasteiger partial charge in [-0.15, -0.1) is 0 Å². The highest BCUT2D eigenvalue weighted by Crippen LogP contribution is 2.24. The van der Waals surface area contributed by atoms with E-state index in [0.717, 1.165) is 17.7 Å². The lowest BCUT2D eigenvalue weighted by Crippen LogP contribution is -2.18. The zero-order valence-electron chi connectivity index (χ0n) is 12.1. The molecule has 0 radical (unpaired) electrons. The van der Waals surface area contributed by atoms with E-state index in [2.05, 4.69) is 35.2 Å². The standard InChI is InChI=1S/C18H20N2S/c19-18(21)17-6-2-1-5-16(17)15-9-7-14(8-10-15)13-20-11-3-4-12-20/h1-2,5-10H,3-4,11-13H2,(H2,19,21). The molecule has 2 nitrogen and oxygen atoms in total. The molecule has 0 aliphatic carbocycles. The molecule has 1 aliphatic rings. The number of likely N-dealkylation sites (tertiary alicyclic amines) is 1. The third kappa shape index (κ3) is 3.31. The van der Waals surface area contributed by atoms with E-state index in [1.54, 1.807) is 0 Å². The first kappa shape index (κ1) is 14.2. The van der Waals surface area contributed by atoms with Gasteiger partial charge in [0.1, 0.15) is 4.99 Å². The summed E-state index contributed by atoms with van der Waals surface area (Å²) in [4.78, 5) is 2.96. The Hall–Kier alpha value is -1.71. The van der Waals surface area contributed by atoms with Crippen LogP contribution in [0.1, 0.15) is 24.0 Å². The molecular weight excluding hydrogens is 276 g/mol. The lowest BCUT2D eigenvalue weighted by atomic mass is 9.98. The lowest BCUT2D eigenvalue weighted by molar-refractivity contribution is 0.331. The molecule has 1 aliphatic heterocycles. The van der Waals surface area contributed by atoms with Crippen LogP contribution < -0.4 is 5.73 Å². The van der Waals surface area contributed by atoms with Crippen molar-refractivity contribution in [2.24, 2.45) is 5.73 Å². The summed E-state index contributed by atoms with van der Waals surface area (Å²) in [5.41, 5.74) is 10.4. The van der Waals surface area contributed by atoms with Crippen molar-refractivity contribution in [2.45, 2.75) is 19.4 Å². The summed E-state index contributed by atoms with van der Waals surface area (Å²) < 4.78 is 0. The maximum Gasteiger partial charge on any atom is 0.104 e. The summed E-state index contributed by atoms with van der Waals surface area (Å²) in [6, 6.07) is 16.8. The van der Waals surface area contributed by atoms with E-state index in [1.807, 2.05) is 18.2 Å². The maximum atomic E-state index is 5.82. The number of benzene rings is 2. The van der Waals surface area contributed by atoms with Gasteiger partial charge in [0.15, 0.2) is 0 Å². The monoisotopic (exact) mass is 296 g/mol. The summed E-state index contributed by atoms with van der Waals surface area (Å²) in [5.74, 6) is 0. The van der Waals surface area contributed by atoms with Gasteiger partial charge < -0.3 is 5.73 Å². The molecule has 0 bridgehead atoms. The van der Waals surface area contributed by atoms with E-state index >= 15 is 0 Å². The minimum atomic E-state index is 0.451. The molecule has 0 atom stereocenters. The zero-order chi connectivity index (χ0) is 14.7. The molecule has 108 valence electrons. The molecule has 1 fully saturated rings. The summed E-state index contributed by atoms with van der Waals surface area (Å²) in [7, 11) is 0. The van der Waals surface area contributed by atoms with Crippen LogP contribution in [0.4, 0.5) is 0 Å². The highest BCUT2D eigenvalue weighted by molar-refractivity contribution is 7.80. The van der Waals surface area contributed by atoms with Crippen LogP contribution in [-0.4, -0.2) is 23.0 Å². The molecule has 0 unspecified atom stereocenters. The Bertz CT molecular complexity index is 628. The summed E-state index contributed by atoms with van der Waals surface area (Å²) in [5, 5.41) is 0. The van der Waals surface area contributed by atoms with Gasteiger partial charge in [-0.2, -0.15) is 0 Å². The molecule has 0 amide bonds. The minimum absolute atomic E-state index is 0.451.